The standard InChI is InChI=1S/C23H16F6IO2S/c1-14(30)21(31)32-17-7-9-19(10-8-17)33(18-5-3-2-4-6-18)20-12-15(22(24,25)26)11-16(13-20)23(27,28)29/h2-14H,1H3/q+1. The second kappa shape index (κ2) is 9.96. The predicted octanol–water partition coefficient (Wildman–Crippen LogP) is 7.55. The molecule has 0 aliphatic rings. The highest BCUT2D eigenvalue weighted by molar-refractivity contribution is 14.1. The van der Waals surface area contributed by atoms with Crippen molar-refractivity contribution >= 4 is 39.5 Å². The van der Waals surface area contributed by atoms with Crippen LogP contribution < -0.4 is 4.74 Å². The first-order chi connectivity index (χ1) is 15.4. The van der Waals surface area contributed by atoms with E-state index >= 15 is 0 Å². The molecule has 0 heterocycles. The Labute approximate surface area is 202 Å². The Kier molecular flexibility index (Phi) is 7.67. The van der Waals surface area contributed by atoms with Crippen molar-refractivity contribution in [1.29, 1.82) is 0 Å². The maximum atomic E-state index is 13.4. The zero-order valence-corrected chi connectivity index (χ0v) is 19.9. The summed E-state index contributed by atoms with van der Waals surface area (Å²) in [6.07, 6.45) is -9.90. The fourth-order valence-corrected chi connectivity index (χ4v) is 5.12. The molecule has 2 unspecified atom stereocenters. The van der Waals surface area contributed by atoms with E-state index in [0.717, 1.165) is 12.1 Å². The van der Waals surface area contributed by atoms with Crippen molar-refractivity contribution in [2.45, 2.75) is 37.9 Å². The Morgan fingerprint density at radius 1 is 0.788 bits per heavy atom. The van der Waals surface area contributed by atoms with Crippen LogP contribution in [0.25, 0.3) is 0 Å². The third-order valence-electron chi connectivity index (χ3n) is 4.38. The summed E-state index contributed by atoms with van der Waals surface area (Å²) < 4.78 is 85.4. The Balaban J connectivity index is 2.14. The van der Waals surface area contributed by atoms with Crippen molar-refractivity contribution in [3.63, 3.8) is 0 Å². The van der Waals surface area contributed by atoms with Crippen LogP contribution in [0.4, 0.5) is 26.3 Å². The van der Waals surface area contributed by atoms with Gasteiger partial charge in [0.25, 0.3) is 0 Å². The topological polar surface area (TPSA) is 26.3 Å². The Morgan fingerprint density at radius 2 is 1.27 bits per heavy atom. The fraction of sp³-hybridized carbons (Fsp3) is 0.174. The lowest BCUT2D eigenvalue weighted by Gasteiger charge is -2.15. The van der Waals surface area contributed by atoms with Crippen molar-refractivity contribution in [2.75, 3.05) is 0 Å². The summed E-state index contributed by atoms with van der Waals surface area (Å²) in [7, 11) is -1.28. The van der Waals surface area contributed by atoms with E-state index in [1.165, 1.54) is 24.3 Å². The van der Waals surface area contributed by atoms with Gasteiger partial charge in [0.2, 0.25) is 0 Å². The van der Waals surface area contributed by atoms with Crippen molar-refractivity contribution in [3.05, 3.63) is 83.9 Å². The van der Waals surface area contributed by atoms with Crippen molar-refractivity contribution in [2.24, 2.45) is 0 Å². The van der Waals surface area contributed by atoms with E-state index in [4.69, 9.17) is 4.74 Å². The van der Waals surface area contributed by atoms with Gasteiger partial charge in [-0.1, -0.05) is 40.8 Å². The van der Waals surface area contributed by atoms with Crippen LogP contribution in [0.2, 0.25) is 0 Å². The molecule has 0 amide bonds. The van der Waals surface area contributed by atoms with Crippen LogP contribution in [-0.4, -0.2) is 9.89 Å². The first-order valence-electron chi connectivity index (χ1n) is 9.41. The highest BCUT2D eigenvalue weighted by Gasteiger charge is 2.40. The van der Waals surface area contributed by atoms with Crippen molar-refractivity contribution < 1.29 is 35.9 Å². The van der Waals surface area contributed by atoms with Gasteiger partial charge in [-0.05, 0) is 49.4 Å². The number of carbonyl (C=O) groups is 1. The Hall–Kier alpha value is -2.21. The number of rotatable bonds is 5. The van der Waals surface area contributed by atoms with Crippen LogP contribution in [-0.2, 0) is 28.0 Å². The third kappa shape index (κ3) is 6.44. The molecule has 10 heteroatoms. The second-order valence-corrected chi connectivity index (χ2v) is 10.8. The number of halogens is 7. The number of alkyl halides is 7. The summed E-state index contributed by atoms with van der Waals surface area (Å²) in [5.74, 6) is -0.248. The van der Waals surface area contributed by atoms with Gasteiger partial charge in [0, 0.05) is 12.1 Å². The van der Waals surface area contributed by atoms with Gasteiger partial charge in [-0.25, -0.2) is 0 Å². The smallest absolute Gasteiger partial charge is 0.416 e. The molecule has 0 spiro atoms. The van der Waals surface area contributed by atoms with E-state index in [2.05, 4.69) is 0 Å². The van der Waals surface area contributed by atoms with Crippen LogP contribution in [0, 0.1) is 0 Å². The maximum absolute atomic E-state index is 13.4. The summed E-state index contributed by atoms with van der Waals surface area (Å²) in [6.45, 7) is 1.65. The lowest BCUT2D eigenvalue weighted by Crippen LogP contribution is -2.17. The molecule has 3 aromatic rings. The first-order valence-corrected chi connectivity index (χ1v) is 11.9. The summed E-state index contributed by atoms with van der Waals surface area (Å²) in [4.78, 5) is 12.7. The normalized spacial score (nSPS) is 13.9. The zero-order chi connectivity index (χ0) is 24.4. The molecule has 3 rings (SSSR count). The molecule has 0 saturated heterocycles. The molecule has 2 nitrogen and oxygen atoms in total. The minimum atomic E-state index is -4.95. The molecule has 0 radical (unpaired) electrons. The van der Waals surface area contributed by atoms with Gasteiger partial charge >= 0.3 is 18.3 Å². The molecule has 33 heavy (non-hydrogen) atoms. The van der Waals surface area contributed by atoms with Crippen LogP contribution in [0.3, 0.4) is 0 Å². The van der Waals surface area contributed by atoms with Crippen LogP contribution in [0.1, 0.15) is 18.1 Å². The number of ether oxygens (including phenoxy) is 1. The van der Waals surface area contributed by atoms with Gasteiger partial charge < -0.3 is 4.74 Å². The molecule has 0 fully saturated rings. The number of esters is 1. The van der Waals surface area contributed by atoms with Crippen molar-refractivity contribution in [1.82, 2.24) is 0 Å². The zero-order valence-electron chi connectivity index (χ0n) is 16.9. The molecule has 0 saturated carbocycles. The Bertz CT molecular complexity index is 1080. The van der Waals surface area contributed by atoms with Crippen LogP contribution in [0.5, 0.6) is 5.75 Å². The minimum Gasteiger partial charge on any atom is -0.426 e. The third-order valence-corrected chi connectivity index (χ3v) is 7.08. The molecule has 0 aromatic heterocycles. The SMILES string of the molecule is CC(I)C(=O)Oc1ccc([S+](c2ccccc2)c2cc(C(F)(F)F)cc(C(F)(F)F)c2)cc1. The molecule has 0 aliphatic heterocycles. The quantitative estimate of drug-likeness (QED) is 0.0759. The maximum Gasteiger partial charge on any atom is 0.416 e. The van der Waals surface area contributed by atoms with Crippen LogP contribution >= 0.6 is 22.6 Å². The number of hydrogen-bond donors (Lipinski definition) is 0. The van der Waals surface area contributed by atoms with E-state index < -0.39 is 44.3 Å². The van der Waals surface area contributed by atoms with Gasteiger partial charge in [0.15, 0.2) is 14.7 Å². The Morgan fingerprint density at radius 3 is 1.73 bits per heavy atom. The predicted molar refractivity (Wildman–Crippen MR) is 121 cm³/mol. The van der Waals surface area contributed by atoms with Gasteiger partial charge in [0.1, 0.15) is 9.67 Å². The molecule has 0 aliphatic carbocycles. The van der Waals surface area contributed by atoms with E-state index in [1.54, 1.807) is 37.3 Å². The minimum absolute atomic E-state index is 0.115. The number of carbonyl (C=O) groups excluding carboxylic acids is 1. The van der Waals surface area contributed by atoms with E-state index in [0.29, 0.717) is 9.79 Å². The lowest BCUT2D eigenvalue weighted by atomic mass is 10.1. The molecule has 3 aromatic carbocycles. The summed E-state index contributed by atoms with van der Waals surface area (Å²) in [5.41, 5.74) is -2.75. The van der Waals surface area contributed by atoms with E-state index in [1.807, 2.05) is 22.6 Å². The van der Waals surface area contributed by atoms with Crippen molar-refractivity contribution in [3.8, 4) is 5.75 Å². The van der Waals surface area contributed by atoms with E-state index in [9.17, 15) is 31.1 Å². The second-order valence-electron chi connectivity index (χ2n) is 6.87. The number of benzene rings is 3. The van der Waals surface area contributed by atoms with Gasteiger partial charge in [-0.2, -0.15) is 26.3 Å². The van der Waals surface area contributed by atoms with Crippen LogP contribution in [0.15, 0.2) is 87.5 Å². The summed E-state index contributed by atoms with van der Waals surface area (Å²) in [6, 6.07) is 15.9. The molecule has 174 valence electrons. The summed E-state index contributed by atoms with van der Waals surface area (Å²) in [5, 5.41) is 0. The monoisotopic (exact) mass is 597 g/mol. The highest BCUT2D eigenvalue weighted by Crippen LogP contribution is 2.40. The fourth-order valence-electron chi connectivity index (χ4n) is 2.85. The molecular formula is C23H16F6IO2S+. The average Bonchev–Trinajstić information content (AvgIpc) is 2.74. The highest BCUT2D eigenvalue weighted by atomic mass is 127. The average molecular weight is 597 g/mol. The summed E-state index contributed by atoms with van der Waals surface area (Å²) >= 11 is 1.89. The van der Waals surface area contributed by atoms with Gasteiger partial charge in [0.05, 0.1) is 22.0 Å². The van der Waals surface area contributed by atoms with E-state index in [-0.39, 0.29) is 16.7 Å². The molecule has 0 bridgehead atoms. The van der Waals surface area contributed by atoms with Gasteiger partial charge in [-0.15, -0.1) is 0 Å². The molecule has 2 atom stereocenters. The lowest BCUT2D eigenvalue weighted by molar-refractivity contribution is -0.143. The van der Waals surface area contributed by atoms with Gasteiger partial charge in [-0.3, -0.25) is 4.79 Å². The largest absolute Gasteiger partial charge is 0.426 e. The number of hydrogen-bond acceptors (Lipinski definition) is 2. The molecular weight excluding hydrogens is 581 g/mol. The first kappa shape index (κ1) is 25.4. The molecule has 0 N–H and O–H groups in total.